The van der Waals surface area contributed by atoms with Gasteiger partial charge in [-0.3, -0.25) is 5.41 Å². The van der Waals surface area contributed by atoms with Gasteiger partial charge in [0.1, 0.15) is 5.17 Å². The fourth-order valence-corrected chi connectivity index (χ4v) is 0.236. The van der Waals surface area contributed by atoms with Gasteiger partial charge in [-0.1, -0.05) is 17.7 Å². The summed E-state index contributed by atoms with van der Waals surface area (Å²) in [6.07, 6.45) is 2.08. The summed E-state index contributed by atoms with van der Waals surface area (Å²) in [7, 11) is 0. The van der Waals surface area contributed by atoms with Crippen molar-refractivity contribution in [1.82, 2.24) is 0 Å². The molecule has 0 bridgehead atoms. The molecule has 0 atom stereocenters. The first-order valence-electron chi connectivity index (χ1n) is 1.61. The van der Waals surface area contributed by atoms with Crippen LogP contribution in [0.3, 0.4) is 0 Å². The molecule has 0 aromatic carbocycles. The Balaban J connectivity index is 3.05. The van der Waals surface area contributed by atoms with Crippen molar-refractivity contribution >= 4 is 16.8 Å². The van der Waals surface area contributed by atoms with Gasteiger partial charge in [0.05, 0.1) is 0 Å². The van der Waals surface area contributed by atoms with Gasteiger partial charge in [0.2, 0.25) is 0 Å². The fraction of sp³-hybridized carbons (Fsp3) is 0.250. The van der Waals surface area contributed by atoms with Crippen LogP contribution < -0.4 is 0 Å². The van der Waals surface area contributed by atoms with E-state index in [1.807, 2.05) is 0 Å². The maximum atomic E-state index is 6.59. The first-order chi connectivity index (χ1) is 2.77. The van der Waals surface area contributed by atoms with Crippen LogP contribution in [0.4, 0.5) is 0 Å². The predicted molar refractivity (Wildman–Crippen MR) is 28.4 cm³/mol. The summed E-state index contributed by atoms with van der Waals surface area (Å²) in [5, 5.41) is 6.73. The highest BCUT2D eigenvalue weighted by Gasteiger charge is 1.78. The highest BCUT2D eigenvalue weighted by Crippen LogP contribution is 1.86. The van der Waals surface area contributed by atoms with E-state index < -0.39 is 0 Å². The minimum absolute atomic E-state index is 0.144. The molecule has 0 rings (SSSR count). The van der Waals surface area contributed by atoms with Crippen LogP contribution >= 0.6 is 11.6 Å². The summed E-state index contributed by atoms with van der Waals surface area (Å²) in [5.74, 6) is 0. The molecule has 0 aliphatic heterocycles. The molecule has 1 N–H and O–H groups in total. The average Bonchev–Trinajstić information content (AvgIpc) is 1.35. The second-order valence-corrected chi connectivity index (χ2v) is 1.35. The lowest BCUT2D eigenvalue weighted by Gasteiger charge is -1.77. The van der Waals surface area contributed by atoms with Gasteiger partial charge in [-0.15, -0.1) is 6.58 Å². The van der Waals surface area contributed by atoms with E-state index in [1.165, 1.54) is 0 Å². The van der Waals surface area contributed by atoms with Crippen LogP contribution in [-0.4, -0.2) is 5.17 Å². The molecule has 0 saturated carbocycles. The van der Waals surface area contributed by atoms with Crippen molar-refractivity contribution in [3.05, 3.63) is 12.7 Å². The largest absolute Gasteiger partial charge is 0.293 e. The molecule has 0 heterocycles. The molecule has 0 radical (unpaired) electrons. The quantitative estimate of drug-likeness (QED) is 0.407. The summed E-state index contributed by atoms with van der Waals surface area (Å²) in [6.45, 7) is 3.38. The van der Waals surface area contributed by atoms with Gasteiger partial charge in [0, 0.05) is 6.42 Å². The molecule has 0 saturated heterocycles. The van der Waals surface area contributed by atoms with Gasteiger partial charge >= 0.3 is 0 Å². The average molecular weight is 104 g/mol. The smallest absolute Gasteiger partial charge is 0.101 e. The van der Waals surface area contributed by atoms with Crippen molar-refractivity contribution in [2.24, 2.45) is 0 Å². The maximum Gasteiger partial charge on any atom is 0.101 e. The predicted octanol–water partition coefficient (Wildman–Crippen LogP) is 1.78. The van der Waals surface area contributed by atoms with Crippen LogP contribution in [0.1, 0.15) is 6.42 Å². The van der Waals surface area contributed by atoms with Crippen molar-refractivity contribution in [3.63, 3.8) is 0 Å². The summed E-state index contributed by atoms with van der Waals surface area (Å²) in [5.41, 5.74) is 0. The third-order valence-corrected chi connectivity index (χ3v) is 0.478. The van der Waals surface area contributed by atoms with E-state index in [0.717, 1.165) is 0 Å². The first-order valence-corrected chi connectivity index (χ1v) is 1.99. The van der Waals surface area contributed by atoms with Crippen LogP contribution in [0.2, 0.25) is 0 Å². The highest BCUT2D eigenvalue weighted by atomic mass is 35.5. The summed E-state index contributed by atoms with van der Waals surface area (Å²) in [6, 6.07) is 0. The first kappa shape index (κ1) is 5.70. The molecular weight excluding hydrogens is 97.5 g/mol. The Hall–Kier alpha value is -0.300. The second-order valence-electron chi connectivity index (χ2n) is 0.898. The number of halogens is 1. The van der Waals surface area contributed by atoms with Crippen molar-refractivity contribution in [3.8, 4) is 0 Å². The lowest BCUT2D eigenvalue weighted by Crippen LogP contribution is -1.74. The maximum absolute atomic E-state index is 6.59. The monoisotopic (exact) mass is 103 g/mol. The lowest BCUT2D eigenvalue weighted by molar-refractivity contribution is 1.42. The van der Waals surface area contributed by atoms with E-state index in [4.69, 9.17) is 17.0 Å². The molecule has 0 spiro atoms. The van der Waals surface area contributed by atoms with Gasteiger partial charge in [-0.25, -0.2) is 0 Å². The number of nitrogens with one attached hydrogen (secondary N) is 1. The zero-order chi connectivity index (χ0) is 4.99. The van der Waals surface area contributed by atoms with Crippen LogP contribution in [0.15, 0.2) is 12.7 Å². The van der Waals surface area contributed by atoms with Gasteiger partial charge in [0.15, 0.2) is 0 Å². The molecule has 0 unspecified atom stereocenters. The van der Waals surface area contributed by atoms with Gasteiger partial charge in [-0.05, 0) is 0 Å². The molecule has 1 nitrogen and oxygen atoms in total. The Morgan fingerprint density at radius 3 is 2.50 bits per heavy atom. The third-order valence-electron chi connectivity index (χ3n) is 0.324. The third kappa shape index (κ3) is 3.70. The second kappa shape index (κ2) is 2.91. The topological polar surface area (TPSA) is 23.9 Å². The number of rotatable bonds is 2. The molecule has 6 heavy (non-hydrogen) atoms. The minimum Gasteiger partial charge on any atom is -0.293 e. The van der Waals surface area contributed by atoms with Crippen molar-refractivity contribution in [2.45, 2.75) is 6.42 Å². The molecule has 0 aromatic rings. The van der Waals surface area contributed by atoms with Gasteiger partial charge in [-0.2, -0.15) is 0 Å². The summed E-state index contributed by atoms with van der Waals surface area (Å²) in [4.78, 5) is 0. The van der Waals surface area contributed by atoms with Gasteiger partial charge < -0.3 is 0 Å². The minimum atomic E-state index is 0.144. The van der Waals surface area contributed by atoms with E-state index in [1.54, 1.807) is 6.08 Å². The summed E-state index contributed by atoms with van der Waals surface area (Å²) < 4.78 is 0. The number of allylic oxidation sites excluding steroid dienone is 1. The highest BCUT2D eigenvalue weighted by molar-refractivity contribution is 6.64. The molecular formula is C4H6ClN. The van der Waals surface area contributed by atoms with Crippen LogP contribution in [0, 0.1) is 5.41 Å². The van der Waals surface area contributed by atoms with Gasteiger partial charge in [0.25, 0.3) is 0 Å². The molecule has 2 heteroatoms. The molecule has 0 aromatic heterocycles. The van der Waals surface area contributed by atoms with Crippen LogP contribution in [0.5, 0.6) is 0 Å². The molecule has 0 aliphatic rings. The molecule has 0 amide bonds. The van der Waals surface area contributed by atoms with E-state index in [-0.39, 0.29) is 5.17 Å². The zero-order valence-electron chi connectivity index (χ0n) is 3.37. The molecule has 34 valence electrons. The lowest BCUT2D eigenvalue weighted by atomic mass is 10.5. The van der Waals surface area contributed by atoms with E-state index in [9.17, 15) is 0 Å². The standard InChI is InChI=1S/C4H6ClN/c1-2-3-4(5)6/h2,6H,1,3H2. The molecule has 0 aliphatic carbocycles. The van der Waals surface area contributed by atoms with E-state index in [2.05, 4.69) is 6.58 Å². The van der Waals surface area contributed by atoms with Crippen molar-refractivity contribution in [1.29, 1.82) is 5.41 Å². The van der Waals surface area contributed by atoms with E-state index >= 15 is 0 Å². The normalized spacial score (nSPS) is 7.50. The number of hydrogen-bond acceptors (Lipinski definition) is 1. The van der Waals surface area contributed by atoms with Crippen molar-refractivity contribution < 1.29 is 0 Å². The SMILES string of the molecule is C=CCC(=N)Cl. The zero-order valence-corrected chi connectivity index (χ0v) is 4.13. The summed E-state index contributed by atoms with van der Waals surface area (Å²) >= 11 is 5.09. The molecule has 0 fully saturated rings. The van der Waals surface area contributed by atoms with Crippen molar-refractivity contribution in [2.75, 3.05) is 0 Å². The number of hydrogen-bond donors (Lipinski definition) is 1. The fourth-order valence-electron chi connectivity index (χ4n) is 0.127. The Morgan fingerprint density at radius 2 is 2.50 bits per heavy atom. The Labute approximate surface area is 42.1 Å². The van der Waals surface area contributed by atoms with Crippen LogP contribution in [-0.2, 0) is 0 Å². The van der Waals surface area contributed by atoms with Crippen LogP contribution in [0.25, 0.3) is 0 Å². The Kier molecular flexibility index (Phi) is 2.77. The van der Waals surface area contributed by atoms with E-state index in [0.29, 0.717) is 6.42 Å². The Morgan fingerprint density at radius 1 is 2.00 bits per heavy atom. The Bertz CT molecular complexity index is 67.9.